The van der Waals surface area contributed by atoms with Gasteiger partial charge in [0.25, 0.3) is 0 Å². The van der Waals surface area contributed by atoms with Crippen LogP contribution >= 0.6 is 0 Å². The van der Waals surface area contributed by atoms with Crippen LogP contribution in [-0.2, 0) is 13.1 Å². The molecule has 0 aliphatic carbocycles. The summed E-state index contributed by atoms with van der Waals surface area (Å²) in [6, 6.07) is 14.7. The third kappa shape index (κ3) is 1.44. The number of hydrogen-bond acceptors (Lipinski definition) is 3. The van der Waals surface area contributed by atoms with Crippen LogP contribution in [0, 0.1) is 0 Å². The lowest BCUT2D eigenvalue weighted by atomic mass is 10.1. The smallest absolute Gasteiger partial charge is 0.231 e. The van der Waals surface area contributed by atoms with Crippen molar-refractivity contribution in [1.82, 2.24) is 0 Å². The lowest BCUT2D eigenvalue weighted by Crippen LogP contribution is -2.14. The Hall–Kier alpha value is -2.16. The summed E-state index contributed by atoms with van der Waals surface area (Å²) < 4.78 is 10.8. The molecule has 2 heterocycles. The maximum atomic E-state index is 5.43. The van der Waals surface area contributed by atoms with E-state index in [0.29, 0.717) is 6.79 Å². The molecule has 0 N–H and O–H groups in total. The Balaban J connectivity index is 1.66. The van der Waals surface area contributed by atoms with Gasteiger partial charge in [0.05, 0.1) is 0 Å². The van der Waals surface area contributed by atoms with Crippen LogP contribution in [0.25, 0.3) is 0 Å². The molecular formula is C15H13NO2. The largest absolute Gasteiger partial charge is 0.454 e. The normalized spacial score (nSPS) is 15.9. The molecule has 2 aromatic carbocycles. The van der Waals surface area contributed by atoms with E-state index in [1.54, 1.807) is 0 Å². The van der Waals surface area contributed by atoms with E-state index in [9.17, 15) is 0 Å². The molecular weight excluding hydrogens is 226 g/mol. The van der Waals surface area contributed by atoms with Gasteiger partial charge in [-0.05, 0) is 23.3 Å². The molecule has 0 saturated carbocycles. The zero-order valence-electron chi connectivity index (χ0n) is 9.93. The van der Waals surface area contributed by atoms with Crippen LogP contribution in [0.1, 0.15) is 11.1 Å². The first-order chi connectivity index (χ1) is 8.90. The molecule has 0 aromatic heterocycles. The molecule has 3 heteroatoms. The molecule has 0 radical (unpaired) electrons. The first-order valence-corrected chi connectivity index (χ1v) is 6.11. The molecule has 2 aliphatic rings. The Bertz CT molecular complexity index is 584. The Morgan fingerprint density at radius 2 is 1.56 bits per heavy atom. The van der Waals surface area contributed by atoms with Gasteiger partial charge in [-0.2, -0.15) is 0 Å². The van der Waals surface area contributed by atoms with Crippen LogP contribution < -0.4 is 14.4 Å². The highest BCUT2D eigenvalue weighted by atomic mass is 16.7. The second-order valence-electron chi connectivity index (χ2n) is 4.66. The number of ether oxygens (including phenoxy) is 2. The first kappa shape index (κ1) is 9.83. The molecule has 2 aromatic rings. The van der Waals surface area contributed by atoms with Crippen LogP contribution in [-0.4, -0.2) is 6.79 Å². The summed E-state index contributed by atoms with van der Waals surface area (Å²) >= 11 is 0. The van der Waals surface area contributed by atoms with E-state index >= 15 is 0 Å². The van der Waals surface area contributed by atoms with Gasteiger partial charge >= 0.3 is 0 Å². The fourth-order valence-corrected chi connectivity index (χ4v) is 2.60. The second kappa shape index (κ2) is 3.67. The highest BCUT2D eigenvalue weighted by molar-refractivity contribution is 5.59. The topological polar surface area (TPSA) is 21.7 Å². The van der Waals surface area contributed by atoms with E-state index in [0.717, 1.165) is 24.6 Å². The molecule has 0 fully saturated rings. The van der Waals surface area contributed by atoms with Crippen molar-refractivity contribution in [1.29, 1.82) is 0 Å². The van der Waals surface area contributed by atoms with E-state index in [1.807, 2.05) is 6.07 Å². The molecule has 0 bridgehead atoms. The van der Waals surface area contributed by atoms with Crippen molar-refractivity contribution in [2.24, 2.45) is 0 Å². The predicted molar refractivity (Wildman–Crippen MR) is 68.9 cm³/mol. The zero-order valence-corrected chi connectivity index (χ0v) is 9.93. The van der Waals surface area contributed by atoms with Crippen LogP contribution in [0.3, 0.4) is 0 Å². The molecule has 0 amide bonds. The third-order valence-corrected chi connectivity index (χ3v) is 3.56. The van der Waals surface area contributed by atoms with Gasteiger partial charge in [-0.15, -0.1) is 0 Å². The Morgan fingerprint density at radius 3 is 2.33 bits per heavy atom. The van der Waals surface area contributed by atoms with Gasteiger partial charge in [-0.1, -0.05) is 24.3 Å². The molecule has 18 heavy (non-hydrogen) atoms. The summed E-state index contributed by atoms with van der Waals surface area (Å²) in [5.41, 5.74) is 4.01. The molecule has 0 unspecified atom stereocenters. The zero-order chi connectivity index (χ0) is 11.9. The lowest BCUT2D eigenvalue weighted by molar-refractivity contribution is 0.174. The maximum Gasteiger partial charge on any atom is 0.231 e. The number of anilines is 1. The van der Waals surface area contributed by atoms with Crippen LogP contribution in [0.15, 0.2) is 42.5 Å². The minimum absolute atomic E-state index is 0.332. The highest BCUT2D eigenvalue weighted by Crippen LogP contribution is 2.37. The van der Waals surface area contributed by atoms with E-state index < -0.39 is 0 Å². The summed E-state index contributed by atoms with van der Waals surface area (Å²) in [4.78, 5) is 2.35. The Labute approximate surface area is 106 Å². The molecule has 0 spiro atoms. The van der Waals surface area contributed by atoms with Gasteiger partial charge in [0, 0.05) is 24.8 Å². The van der Waals surface area contributed by atoms with Crippen LogP contribution in [0.2, 0.25) is 0 Å². The number of fused-ring (bicyclic) bond motifs is 2. The van der Waals surface area contributed by atoms with Crippen molar-refractivity contribution in [3.8, 4) is 11.5 Å². The van der Waals surface area contributed by atoms with Gasteiger partial charge in [0.2, 0.25) is 6.79 Å². The second-order valence-corrected chi connectivity index (χ2v) is 4.66. The number of benzene rings is 2. The maximum absolute atomic E-state index is 5.43. The van der Waals surface area contributed by atoms with Gasteiger partial charge in [-0.3, -0.25) is 0 Å². The molecule has 0 atom stereocenters. The minimum atomic E-state index is 0.332. The predicted octanol–water partition coefficient (Wildman–Crippen LogP) is 2.94. The minimum Gasteiger partial charge on any atom is -0.454 e. The van der Waals surface area contributed by atoms with Gasteiger partial charge in [0.15, 0.2) is 11.5 Å². The SMILES string of the molecule is c1ccc2c(c1)CN(c1ccc3c(c1)OCO3)C2. The van der Waals surface area contributed by atoms with Crippen LogP contribution in [0.5, 0.6) is 11.5 Å². The van der Waals surface area contributed by atoms with E-state index in [2.05, 4.69) is 41.3 Å². The fourth-order valence-electron chi connectivity index (χ4n) is 2.60. The Morgan fingerprint density at radius 1 is 0.833 bits per heavy atom. The van der Waals surface area contributed by atoms with E-state index in [1.165, 1.54) is 16.8 Å². The monoisotopic (exact) mass is 239 g/mol. The van der Waals surface area contributed by atoms with E-state index in [4.69, 9.17) is 9.47 Å². The number of nitrogens with zero attached hydrogens (tertiary/aromatic N) is 1. The summed E-state index contributed by atoms with van der Waals surface area (Å²) in [7, 11) is 0. The quantitative estimate of drug-likeness (QED) is 0.763. The number of hydrogen-bond donors (Lipinski definition) is 0. The van der Waals surface area contributed by atoms with Gasteiger partial charge < -0.3 is 14.4 Å². The van der Waals surface area contributed by atoms with Crippen molar-refractivity contribution < 1.29 is 9.47 Å². The Kier molecular flexibility index (Phi) is 2.00. The standard InChI is InChI=1S/C15H13NO2/c1-2-4-12-9-16(8-11(12)3-1)13-5-6-14-15(7-13)18-10-17-14/h1-7H,8-10H2. The summed E-state index contributed by atoms with van der Waals surface area (Å²) in [5, 5.41) is 0. The first-order valence-electron chi connectivity index (χ1n) is 6.11. The highest BCUT2D eigenvalue weighted by Gasteiger charge is 2.21. The van der Waals surface area contributed by atoms with Crippen molar-refractivity contribution in [2.75, 3.05) is 11.7 Å². The molecule has 0 saturated heterocycles. The summed E-state index contributed by atoms with van der Waals surface area (Å²) in [5.74, 6) is 1.69. The van der Waals surface area contributed by atoms with E-state index in [-0.39, 0.29) is 0 Å². The average molecular weight is 239 g/mol. The average Bonchev–Trinajstić information content (AvgIpc) is 3.04. The van der Waals surface area contributed by atoms with Crippen molar-refractivity contribution in [3.05, 3.63) is 53.6 Å². The van der Waals surface area contributed by atoms with Crippen molar-refractivity contribution >= 4 is 5.69 Å². The fraction of sp³-hybridized carbons (Fsp3) is 0.200. The van der Waals surface area contributed by atoms with Crippen molar-refractivity contribution in [2.45, 2.75) is 13.1 Å². The summed E-state index contributed by atoms with van der Waals surface area (Å²) in [6.45, 7) is 2.27. The van der Waals surface area contributed by atoms with Gasteiger partial charge in [0.1, 0.15) is 0 Å². The number of rotatable bonds is 1. The lowest BCUT2D eigenvalue weighted by Gasteiger charge is -2.17. The molecule has 3 nitrogen and oxygen atoms in total. The third-order valence-electron chi connectivity index (χ3n) is 3.56. The molecule has 90 valence electrons. The van der Waals surface area contributed by atoms with Crippen molar-refractivity contribution in [3.63, 3.8) is 0 Å². The van der Waals surface area contributed by atoms with Gasteiger partial charge in [-0.25, -0.2) is 0 Å². The summed E-state index contributed by atoms with van der Waals surface area (Å²) in [6.07, 6.45) is 0. The molecule has 2 aliphatic heterocycles. The molecule has 4 rings (SSSR count). The van der Waals surface area contributed by atoms with Crippen LogP contribution in [0.4, 0.5) is 5.69 Å².